The Bertz CT molecular complexity index is 1440. The minimum Gasteiger partial charge on any atom is -0.490 e. The third kappa shape index (κ3) is 5.73. The maximum Gasteiger partial charge on any atom is 0.335 e. The number of nitrogens with zero attached hydrogens (tertiary/aromatic N) is 3. The monoisotopic (exact) mass is 588 g/mol. The fraction of sp³-hybridized carbons (Fsp3) is 0.469. The van der Waals surface area contributed by atoms with E-state index in [1.807, 2.05) is 12.1 Å². The lowest BCUT2D eigenvalue weighted by Crippen LogP contribution is -2.54. The van der Waals surface area contributed by atoms with Crippen molar-refractivity contribution in [2.24, 2.45) is 5.92 Å². The summed E-state index contributed by atoms with van der Waals surface area (Å²) in [6.07, 6.45) is 4.16. The zero-order chi connectivity index (χ0) is 30.2. The average molecular weight is 589 g/mol. The Morgan fingerprint density at radius 3 is 2.33 bits per heavy atom. The van der Waals surface area contributed by atoms with Crippen molar-refractivity contribution >= 4 is 35.3 Å². The topological polar surface area (TPSA) is 137 Å². The van der Waals surface area contributed by atoms with Gasteiger partial charge in [0.15, 0.2) is 0 Å². The molecule has 43 heavy (non-hydrogen) atoms. The van der Waals surface area contributed by atoms with Crippen molar-refractivity contribution in [3.8, 4) is 5.75 Å². The molecule has 11 heteroatoms. The van der Waals surface area contributed by atoms with Gasteiger partial charge in [0.2, 0.25) is 11.8 Å². The van der Waals surface area contributed by atoms with Gasteiger partial charge in [0.25, 0.3) is 11.8 Å². The minimum absolute atomic E-state index is 0.0196. The van der Waals surface area contributed by atoms with Crippen LogP contribution >= 0.6 is 0 Å². The first-order valence-electron chi connectivity index (χ1n) is 15.1. The van der Waals surface area contributed by atoms with Gasteiger partial charge < -0.3 is 19.6 Å². The number of hydrogen-bond donors (Lipinski definition) is 2. The van der Waals surface area contributed by atoms with E-state index in [0.29, 0.717) is 23.3 Å². The summed E-state index contributed by atoms with van der Waals surface area (Å²) < 4.78 is 6.20. The van der Waals surface area contributed by atoms with Gasteiger partial charge in [-0.3, -0.25) is 29.4 Å². The first-order valence-corrected chi connectivity index (χ1v) is 15.1. The molecule has 2 aromatic carbocycles. The van der Waals surface area contributed by atoms with Crippen LogP contribution < -0.4 is 15.0 Å². The summed E-state index contributed by atoms with van der Waals surface area (Å²) in [5.41, 5.74) is 1.84. The smallest absolute Gasteiger partial charge is 0.335 e. The van der Waals surface area contributed by atoms with E-state index in [2.05, 4.69) is 22.0 Å². The zero-order valence-corrected chi connectivity index (χ0v) is 24.2. The van der Waals surface area contributed by atoms with Gasteiger partial charge in [-0.25, -0.2) is 4.79 Å². The van der Waals surface area contributed by atoms with Crippen molar-refractivity contribution in [1.29, 1.82) is 0 Å². The number of carboxylic acids is 1. The molecule has 1 aliphatic carbocycles. The van der Waals surface area contributed by atoms with E-state index in [9.17, 15) is 24.0 Å². The summed E-state index contributed by atoms with van der Waals surface area (Å²) in [7, 11) is 0. The largest absolute Gasteiger partial charge is 0.490 e. The van der Waals surface area contributed by atoms with Crippen LogP contribution in [0, 0.1) is 5.92 Å². The van der Waals surface area contributed by atoms with Crippen LogP contribution in [0.4, 0.5) is 5.69 Å². The first kappa shape index (κ1) is 28.9. The number of carboxylic acid groups (broad SMARTS) is 1. The highest BCUT2D eigenvalue weighted by molar-refractivity contribution is 6.23. The van der Waals surface area contributed by atoms with E-state index in [1.165, 1.54) is 0 Å². The summed E-state index contributed by atoms with van der Waals surface area (Å²) in [6, 6.07) is 11.4. The van der Waals surface area contributed by atoms with E-state index < -0.39 is 35.6 Å². The number of rotatable bonds is 9. The number of fused-ring (bicyclic) bond motifs is 1. The Morgan fingerprint density at radius 1 is 0.977 bits per heavy atom. The maximum absolute atomic E-state index is 13.1. The van der Waals surface area contributed by atoms with Gasteiger partial charge in [-0.05, 0) is 74.2 Å². The number of benzene rings is 2. The number of nitrogens with one attached hydrogen (secondary N) is 1. The number of carbonyl (C=O) groups is 5. The second kappa shape index (κ2) is 11.8. The lowest BCUT2D eigenvalue weighted by atomic mass is 9.86. The van der Waals surface area contributed by atoms with Gasteiger partial charge in [0.05, 0.1) is 16.7 Å². The molecule has 1 saturated carbocycles. The van der Waals surface area contributed by atoms with Crippen LogP contribution in [0.5, 0.6) is 5.75 Å². The summed E-state index contributed by atoms with van der Waals surface area (Å²) in [6.45, 7) is 6.08. The Kier molecular flexibility index (Phi) is 7.91. The van der Waals surface area contributed by atoms with Gasteiger partial charge in [0, 0.05) is 50.6 Å². The number of hydrogen-bond acceptors (Lipinski definition) is 8. The SMILES string of the molecule is CCN(CC1CCN(c2ccc(C(=O)O)cc2)CC1)C1CC(Oc2ccc3c(c2)C(=O)N([C@@H]2CCC(=O)NC2=O)C3=O)C1. The number of anilines is 1. The summed E-state index contributed by atoms with van der Waals surface area (Å²) in [4.78, 5) is 66.8. The molecule has 0 spiro atoms. The molecule has 0 unspecified atom stereocenters. The molecular formula is C32H36N4O7. The Morgan fingerprint density at radius 2 is 1.67 bits per heavy atom. The fourth-order valence-electron chi connectivity index (χ4n) is 6.70. The molecule has 3 heterocycles. The highest BCUT2D eigenvalue weighted by Crippen LogP contribution is 2.35. The van der Waals surface area contributed by atoms with E-state index >= 15 is 0 Å². The molecule has 6 rings (SSSR count). The second-order valence-electron chi connectivity index (χ2n) is 11.9. The maximum atomic E-state index is 13.1. The molecule has 0 bridgehead atoms. The Labute approximate surface area is 249 Å². The molecule has 0 aromatic heterocycles. The van der Waals surface area contributed by atoms with Gasteiger partial charge in [0.1, 0.15) is 17.9 Å². The minimum atomic E-state index is -0.987. The van der Waals surface area contributed by atoms with Crippen molar-refractivity contribution in [3.05, 3.63) is 59.2 Å². The third-order valence-corrected chi connectivity index (χ3v) is 9.29. The van der Waals surface area contributed by atoms with Gasteiger partial charge >= 0.3 is 5.97 Å². The predicted molar refractivity (Wildman–Crippen MR) is 156 cm³/mol. The number of piperidine rings is 2. The van der Waals surface area contributed by atoms with Crippen LogP contribution in [0.15, 0.2) is 42.5 Å². The molecule has 2 saturated heterocycles. The summed E-state index contributed by atoms with van der Waals surface area (Å²) in [5.74, 6) is -1.87. The van der Waals surface area contributed by atoms with E-state index in [-0.39, 0.29) is 30.1 Å². The van der Waals surface area contributed by atoms with E-state index in [1.54, 1.807) is 30.3 Å². The number of amides is 4. The van der Waals surface area contributed by atoms with Crippen molar-refractivity contribution < 1.29 is 33.8 Å². The number of aromatic carboxylic acids is 1. The van der Waals surface area contributed by atoms with E-state index in [4.69, 9.17) is 9.84 Å². The van der Waals surface area contributed by atoms with Gasteiger partial charge in [-0.2, -0.15) is 0 Å². The predicted octanol–water partition coefficient (Wildman–Crippen LogP) is 2.93. The van der Waals surface area contributed by atoms with Crippen LogP contribution in [0.25, 0.3) is 0 Å². The van der Waals surface area contributed by atoms with Crippen LogP contribution in [0.2, 0.25) is 0 Å². The normalized spacial score (nSPS) is 24.2. The summed E-state index contributed by atoms with van der Waals surface area (Å²) in [5, 5.41) is 11.3. The lowest BCUT2D eigenvalue weighted by molar-refractivity contribution is -0.136. The molecule has 1 atom stereocenters. The number of carbonyl (C=O) groups excluding carboxylic acids is 4. The second-order valence-corrected chi connectivity index (χ2v) is 11.9. The molecule has 2 aromatic rings. The Balaban J connectivity index is 0.989. The Hall–Kier alpha value is -4.25. The number of imide groups is 2. The van der Waals surface area contributed by atoms with Crippen molar-refractivity contribution in [3.63, 3.8) is 0 Å². The van der Waals surface area contributed by atoms with Crippen LogP contribution in [0.3, 0.4) is 0 Å². The van der Waals surface area contributed by atoms with Crippen LogP contribution in [0.1, 0.15) is 76.5 Å². The van der Waals surface area contributed by atoms with Crippen LogP contribution in [-0.4, -0.2) is 88.9 Å². The average Bonchev–Trinajstić information content (AvgIpc) is 3.23. The third-order valence-electron chi connectivity index (χ3n) is 9.29. The van der Waals surface area contributed by atoms with Gasteiger partial charge in [-0.1, -0.05) is 6.92 Å². The summed E-state index contributed by atoms with van der Waals surface area (Å²) >= 11 is 0. The fourth-order valence-corrected chi connectivity index (χ4v) is 6.70. The van der Waals surface area contributed by atoms with Crippen LogP contribution in [-0.2, 0) is 9.59 Å². The molecule has 2 N–H and O–H groups in total. The highest BCUT2D eigenvalue weighted by Gasteiger charge is 2.45. The molecule has 0 radical (unpaired) electrons. The van der Waals surface area contributed by atoms with Crippen molar-refractivity contribution in [1.82, 2.24) is 15.1 Å². The molecule has 3 fully saturated rings. The standard InChI is InChI=1S/C32H36N4O7/c1-2-34(18-19-11-13-35(14-12-19)21-5-3-20(4-6-21)32(41)42)22-15-24(16-22)43-23-7-8-25-26(17-23)31(40)36(30(25)39)27-9-10-28(37)33-29(27)38/h3-8,17,19,22,24,27H,2,9-16,18H2,1H3,(H,41,42)(H,33,37,38)/t22?,24?,27-/m1/s1. The molecular weight excluding hydrogens is 552 g/mol. The zero-order valence-electron chi connectivity index (χ0n) is 24.2. The lowest BCUT2D eigenvalue weighted by Gasteiger charge is -2.44. The molecule has 3 aliphatic heterocycles. The quantitative estimate of drug-likeness (QED) is 0.424. The van der Waals surface area contributed by atoms with Gasteiger partial charge in [-0.15, -0.1) is 0 Å². The molecule has 11 nitrogen and oxygen atoms in total. The van der Waals surface area contributed by atoms with Crippen molar-refractivity contribution in [2.45, 2.75) is 63.6 Å². The molecule has 4 aliphatic rings. The number of ether oxygens (including phenoxy) is 1. The molecule has 226 valence electrons. The van der Waals surface area contributed by atoms with Crippen molar-refractivity contribution in [2.75, 3.05) is 31.1 Å². The first-order chi connectivity index (χ1) is 20.7. The van der Waals surface area contributed by atoms with E-state index in [0.717, 1.165) is 62.4 Å². The highest BCUT2D eigenvalue weighted by atomic mass is 16.5. The molecule has 4 amide bonds.